The first-order valence-corrected chi connectivity index (χ1v) is 4.92. The van der Waals surface area contributed by atoms with E-state index < -0.39 is 17.1 Å². The Kier molecular flexibility index (Phi) is 4.33. The van der Waals surface area contributed by atoms with Crippen molar-refractivity contribution < 1.29 is 15.1 Å². The van der Waals surface area contributed by atoms with Crippen LogP contribution in [0.2, 0.25) is 0 Å². The molecule has 0 saturated carbocycles. The predicted molar refractivity (Wildman–Crippen MR) is 59.0 cm³/mol. The molecule has 0 aromatic heterocycles. The lowest BCUT2D eigenvalue weighted by atomic mass is 10.00. The number of hydrogen-bond donors (Lipinski definition) is 2. The summed E-state index contributed by atoms with van der Waals surface area (Å²) in [6, 6.07) is 6.76. The second kappa shape index (κ2) is 5.73. The Morgan fingerprint density at radius 2 is 2.00 bits per heavy atom. The van der Waals surface area contributed by atoms with E-state index in [9.17, 15) is 20.3 Å². The smallest absolute Gasteiger partial charge is 0.271 e. The number of nitro groups is 1. The number of hydrogen-bond acceptors (Lipinski definition) is 6. The van der Waals surface area contributed by atoms with Crippen molar-refractivity contribution in [2.24, 2.45) is 0 Å². The highest BCUT2D eigenvalue weighted by atomic mass is 16.6. The van der Waals surface area contributed by atoms with Gasteiger partial charge in [-0.25, -0.2) is 0 Å². The largest absolute Gasteiger partial charge is 0.389 e. The molecule has 0 aliphatic carbocycles. The molecule has 2 atom stereocenters. The maximum absolute atomic E-state index is 10.6. The number of non-ortho nitro benzene ring substituents is 1. The third-order valence-corrected chi connectivity index (χ3v) is 2.29. The van der Waals surface area contributed by atoms with Crippen LogP contribution in [0.4, 0.5) is 5.69 Å². The van der Waals surface area contributed by atoms with Crippen LogP contribution in [0, 0.1) is 32.8 Å². The summed E-state index contributed by atoms with van der Waals surface area (Å²) in [6.45, 7) is 0. The average Bonchev–Trinajstić information content (AvgIpc) is 2.37. The zero-order valence-corrected chi connectivity index (χ0v) is 9.15. The Labute approximate surface area is 102 Å². The number of nitriles is 2. The van der Waals surface area contributed by atoms with Gasteiger partial charge in [0.05, 0.1) is 35.1 Å². The SMILES string of the molecule is N#CCC(O)C(O)c1cc(C#N)cc([N+](=O)[O-])c1. The van der Waals surface area contributed by atoms with Crippen LogP contribution in [-0.4, -0.2) is 21.2 Å². The van der Waals surface area contributed by atoms with Crippen LogP contribution < -0.4 is 0 Å². The van der Waals surface area contributed by atoms with Crippen molar-refractivity contribution >= 4 is 5.69 Å². The summed E-state index contributed by atoms with van der Waals surface area (Å²) < 4.78 is 0. The molecule has 0 radical (unpaired) electrons. The number of rotatable bonds is 4. The number of nitrogens with zero attached hydrogens (tertiary/aromatic N) is 3. The second-order valence-corrected chi connectivity index (χ2v) is 3.56. The minimum absolute atomic E-state index is 0.00223. The van der Waals surface area contributed by atoms with E-state index in [1.54, 1.807) is 12.1 Å². The van der Waals surface area contributed by atoms with Gasteiger partial charge in [-0.05, 0) is 11.6 Å². The molecule has 7 nitrogen and oxygen atoms in total. The minimum atomic E-state index is -1.45. The van der Waals surface area contributed by atoms with Gasteiger partial charge in [-0.15, -0.1) is 0 Å². The van der Waals surface area contributed by atoms with Gasteiger partial charge in [-0.2, -0.15) is 10.5 Å². The Bertz CT molecular complexity index is 544. The van der Waals surface area contributed by atoms with E-state index >= 15 is 0 Å². The zero-order chi connectivity index (χ0) is 13.7. The van der Waals surface area contributed by atoms with Crippen molar-refractivity contribution in [2.45, 2.75) is 18.6 Å². The Hall–Kier alpha value is -2.48. The van der Waals surface area contributed by atoms with Crippen molar-refractivity contribution in [2.75, 3.05) is 0 Å². The van der Waals surface area contributed by atoms with Gasteiger partial charge in [0.2, 0.25) is 0 Å². The first-order valence-electron chi connectivity index (χ1n) is 4.92. The second-order valence-electron chi connectivity index (χ2n) is 3.56. The fourth-order valence-electron chi connectivity index (χ4n) is 1.40. The summed E-state index contributed by atoms with van der Waals surface area (Å²) in [6.07, 6.45) is -3.12. The molecule has 2 N–H and O–H groups in total. The van der Waals surface area contributed by atoms with Crippen LogP contribution in [0.25, 0.3) is 0 Å². The average molecular weight is 247 g/mol. The molecular weight excluding hydrogens is 238 g/mol. The summed E-state index contributed by atoms with van der Waals surface area (Å²) in [4.78, 5) is 9.94. The molecule has 92 valence electrons. The first kappa shape index (κ1) is 13.6. The third kappa shape index (κ3) is 3.01. The van der Waals surface area contributed by atoms with Crippen molar-refractivity contribution in [3.8, 4) is 12.1 Å². The summed E-state index contributed by atoms with van der Waals surface area (Å²) in [5, 5.41) is 46.9. The Morgan fingerprint density at radius 1 is 1.33 bits per heavy atom. The molecular formula is C11H9N3O4. The lowest BCUT2D eigenvalue weighted by molar-refractivity contribution is -0.385. The summed E-state index contributed by atoms with van der Waals surface area (Å²) in [5.74, 6) is 0. The summed E-state index contributed by atoms with van der Waals surface area (Å²) in [7, 11) is 0. The minimum Gasteiger partial charge on any atom is -0.389 e. The normalized spacial score (nSPS) is 13.1. The van der Waals surface area contributed by atoms with E-state index in [4.69, 9.17) is 10.5 Å². The summed E-state index contributed by atoms with van der Waals surface area (Å²) >= 11 is 0. The molecule has 1 rings (SSSR count). The molecule has 18 heavy (non-hydrogen) atoms. The van der Waals surface area contributed by atoms with Gasteiger partial charge in [-0.1, -0.05) is 0 Å². The van der Waals surface area contributed by atoms with Crippen molar-refractivity contribution in [3.05, 3.63) is 39.4 Å². The van der Waals surface area contributed by atoms with Crippen LogP contribution in [-0.2, 0) is 0 Å². The van der Waals surface area contributed by atoms with Gasteiger partial charge in [0.15, 0.2) is 0 Å². The first-order chi connectivity index (χ1) is 8.49. The van der Waals surface area contributed by atoms with E-state index in [1.165, 1.54) is 6.07 Å². The maximum Gasteiger partial charge on any atom is 0.271 e. The van der Waals surface area contributed by atoms with Gasteiger partial charge in [-0.3, -0.25) is 10.1 Å². The van der Waals surface area contributed by atoms with Crippen LogP contribution in [0.15, 0.2) is 18.2 Å². The monoisotopic (exact) mass is 247 g/mol. The molecule has 0 aliphatic heterocycles. The molecule has 0 fully saturated rings. The molecule has 0 heterocycles. The highest BCUT2D eigenvalue weighted by Gasteiger charge is 2.21. The van der Waals surface area contributed by atoms with Crippen molar-refractivity contribution in [1.82, 2.24) is 0 Å². The van der Waals surface area contributed by atoms with Gasteiger partial charge in [0.25, 0.3) is 5.69 Å². The lowest BCUT2D eigenvalue weighted by Gasteiger charge is -2.15. The highest BCUT2D eigenvalue weighted by Crippen LogP contribution is 2.24. The van der Waals surface area contributed by atoms with Gasteiger partial charge < -0.3 is 10.2 Å². The molecule has 2 unspecified atom stereocenters. The third-order valence-electron chi connectivity index (χ3n) is 2.29. The Morgan fingerprint density at radius 3 is 2.50 bits per heavy atom. The number of aliphatic hydroxyl groups excluding tert-OH is 2. The van der Waals surface area contributed by atoms with E-state index in [0.717, 1.165) is 12.1 Å². The molecule has 1 aromatic rings. The molecule has 0 spiro atoms. The van der Waals surface area contributed by atoms with Gasteiger partial charge in [0, 0.05) is 12.1 Å². The zero-order valence-electron chi connectivity index (χ0n) is 9.15. The van der Waals surface area contributed by atoms with E-state index in [0.29, 0.717) is 0 Å². The quantitative estimate of drug-likeness (QED) is 0.596. The van der Waals surface area contributed by atoms with Gasteiger partial charge >= 0.3 is 0 Å². The van der Waals surface area contributed by atoms with E-state index in [-0.39, 0.29) is 23.2 Å². The topological polar surface area (TPSA) is 131 Å². The lowest BCUT2D eigenvalue weighted by Crippen LogP contribution is -2.17. The fourth-order valence-corrected chi connectivity index (χ4v) is 1.40. The maximum atomic E-state index is 10.6. The molecule has 0 amide bonds. The molecule has 7 heteroatoms. The standard InChI is InChI=1S/C11H9N3O4/c12-2-1-10(15)11(16)8-3-7(6-13)4-9(5-8)14(17)18/h3-5,10-11,15-16H,1H2. The molecule has 0 bridgehead atoms. The molecule has 1 aromatic carbocycles. The van der Waals surface area contributed by atoms with Crippen molar-refractivity contribution in [3.63, 3.8) is 0 Å². The van der Waals surface area contributed by atoms with E-state index in [1.807, 2.05) is 0 Å². The van der Waals surface area contributed by atoms with E-state index in [2.05, 4.69) is 0 Å². The highest BCUT2D eigenvalue weighted by molar-refractivity contribution is 5.45. The van der Waals surface area contributed by atoms with Crippen LogP contribution in [0.1, 0.15) is 23.7 Å². The van der Waals surface area contributed by atoms with Crippen LogP contribution in [0.3, 0.4) is 0 Å². The number of aliphatic hydroxyl groups is 2. The summed E-state index contributed by atoms with van der Waals surface area (Å²) in [5.41, 5.74) is -0.321. The Balaban J connectivity index is 3.17. The van der Waals surface area contributed by atoms with Gasteiger partial charge in [0.1, 0.15) is 6.10 Å². The van der Waals surface area contributed by atoms with Crippen LogP contribution >= 0.6 is 0 Å². The molecule has 0 saturated heterocycles. The molecule has 0 aliphatic rings. The number of nitro benzene ring substituents is 1. The number of benzene rings is 1. The predicted octanol–water partition coefficient (Wildman–Crippen LogP) is 0.774. The fraction of sp³-hybridized carbons (Fsp3) is 0.273. The van der Waals surface area contributed by atoms with Crippen LogP contribution in [0.5, 0.6) is 0 Å². The van der Waals surface area contributed by atoms with Crippen molar-refractivity contribution in [1.29, 1.82) is 10.5 Å².